The van der Waals surface area contributed by atoms with Crippen molar-refractivity contribution in [3.05, 3.63) is 29.5 Å². The maximum atomic E-state index is 12.6. The van der Waals surface area contributed by atoms with E-state index in [1.807, 2.05) is 0 Å². The summed E-state index contributed by atoms with van der Waals surface area (Å²) < 4.78 is 5.50. The molecule has 0 saturated heterocycles. The summed E-state index contributed by atoms with van der Waals surface area (Å²) in [6.07, 6.45) is 5.18. The molecule has 3 aromatic rings. The fourth-order valence-electron chi connectivity index (χ4n) is 2.64. The van der Waals surface area contributed by atoms with Crippen LogP contribution in [0.1, 0.15) is 41.6 Å². The second-order valence-corrected chi connectivity index (χ2v) is 6.64. The highest BCUT2D eigenvalue weighted by molar-refractivity contribution is 6.08. The van der Waals surface area contributed by atoms with Gasteiger partial charge in [0.1, 0.15) is 23.6 Å². The Kier molecular flexibility index (Phi) is 3.45. The number of anilines is 1. The number of carbonyl (C=O) groups is 1. The van der Waals surface area contributed by atoms with Gasteiger partial charge in [-0.15, -0.1) is 0 Å². The van der Waals surface area contributed by atoms with Gasteiger partial charge >= 0.3 is 0 Å². The number of hydrogen-bond acceptors (Lipinski definition) is 7. The van der Waals surface area contributed by atoms with Crippen molar-refractivity contribution in [3.8, 4) is 0 Å². The Morgan fingerprint density at radius 2 is 2.20 bits per heavy atom. The van der Waals surface area contributed by atoms with E-state index in [-0.39, 0.29) is 18.0 Å². The maximum Gasteiger partial charge on any atom is 0.255 e. The molecular formula is C16H19N7O2. The van der Waals surface area contributed by atoms with E-state index in [0.29, 0.717) is 34.0 Å². The fourth-order valence-corrected chi connectivity index (χ4v) is 2.64. The minimum absolute atomic E-state index is 0.0262. The zero-order valence-corrected chi connectivity index (χ0v) is 14.3. The number of carbonyl (C=O) groups excluding carboxylic acids is 1. The molecule has 0 radical (unpaired) electrons. The van der Waals surface area contributed by atoms with Crippen LogP contribution in [0.5, 0.6) is 0 Å². The molecule has 1 aliphatic carbocycles. The molecule has 1 aliphatic rings. The fraction of sp³-hybridized carbons (Fsp3) is 0.438. The van der Waals surface area contributed by atoms with Crippen LogP contribution in [-0.4, -0.2) is 36.4 Å². The monoisotopic (exact) mass is 341 g/mol. The summed E-state index contributed by atoms with van der Waals surface area (Å²) in [7, 11) is 1.73. The third kappa shape index (κ3) is 3.04. The Morgan fingerprint density at radius 1 is 1.40 bits per heavy atom. The molecule has 0 atom stereocenters. The molecule has 0 bridgehead atoms. The molecule has 2 N–H and O–H groups in total. The molecule has 1 saturated carbocycles. The topological polar surface area (TPSA) is 111 Å². The summed E-state index contributed by atoms with van der Waals surface area (Å²) in [6.45, 7) is 4.22. The van der Waals surface area contributed by atoms with Crippen molar-refractivity contribution in [1.29, 1.82) is 0 Å². The number of aryl methyl sites for hydroxylation is 2. The number of fused-ring (bicyclic) bond motifs is 1. The Hall–Kier alpha value is -2.97. The van der Waals surface area contributed by atoms with Gasteiger partial charge < -0.3 is 15.1 Å². The number of nitrogens with zero attached hydrogens (tertiary/aromatic N) is 5. The van der Waals surface area contributed by atoms with E-state index in [1.165, 1.54) is 11.1 Å². The van der Waals surface area contributed by atoms with Crippen molar-refractivity contribution in [2.45, 2.75) is 38.8 Å². The van der Waals surface area contributed by atoms with E-state index < -0.39 is 0 Å². The number of hydrogen-bond donors (Lipinski definition) is 2. The van der Waals surface area contributed by atoms with Crippen LogP contribution in [0.4, 0.5) is 5.82 Å². The van der Waals surface area contributed by atoms with Gasteiger partial charge in [-0.25, -0.2) is 4.98 Å². The molecule has 3 heterocycles. The third-order valence-electron chi connectivity index (χ3n) is 4.29. The highest BCUT2D eigenvalue weighted by Gasteiger charge is 2.38. The van der Waals surface area contributed by atoms with E-state index in [9.17, 15) is 4.79 Å². The molecule has 0 spiro atoms. The maximum absolute atomic E-state index is 12.6. The minimum Gasteiger partial charge on any atom is -0.445 e. The van der Waals surface area contributed by atoms with Gasteiger partial charge in [0, 0.05) is 12.6 Å². The van der Waals surface area contributed by atoms with E-state index in [4.69, 9.17) is 4.42 Å². The van der Waals surface area contributed by atoms with Gasteiger partial charge in [0.25, 0.3) is 5.91 Å². The predicted octanol–water partition coefficient (Wildman–Crippen LogP) is 1.55. The van der Waals surface area contributed by atoms with Crippen molar-refractivity contribution in [2.24, 2.45) is 7.05 Å². The second-order valence-electron chi connectivity index (χ2n) is 6.64. The zero-order valence-electron chi connectivity index (χ0n) is 14.3. The number of aromatic nitrogens is 5. The molecule has 25 heavy (non-hydrogen) atoms. The lowest BCUT2D eigenvalue weighted by Crippen LogP contribution is -2.23. The molecule has 0 aliphatic heterocycles. The van der Waals surface area contributed by atoms with Gasteiger partial charge in [-0.3, -0.25) is 4.79 Å². The minimum atomic E-state index is -0.263. The molecule has 0 aromatic carbocycles. The van der Waals surface area contributed by atoms with Crippen molar-refractivity contribution in [3.63, 3.8) is 0 Å². The standard InChI is InChI=1S/C16H19N7O2/c1-9-19-13(21-16(2)4-5-16)12-11(8-25-15(12)20-9)14(24)17-6-10-7-18-23(3)22-10/h7-8H,4-6H2,1-3H3,(H,17,24)(H,19,20,21). The SMILES string of the molecule is Cc1nc(NC2(C)CC2)c2c(C(=O)NCc3cnn(C)n3)coc2n1. The first-order chi connectivity index (χ1) is 11.9. The first-order valence-electron chi connectivity index (χ1n) is 8.11. The first-order valence-corrected chi connectivity index (χ1v) is 8.11. The Morgan fingerprint density at radius 3 is 2.88 bits per heavy atom. The van der Waals surface area contributed by atoms with E-state index >= 15 is 0 Å². The Labute approximate surface area is 143 Å². The van der Waals surface area contributed by atoms with E-state index in [1.54, 1.807) is 20.2 Å². The van der Waals surface area contributed by atoms with Crippen LogP contribution in [0, 0.1) is 6.92 Å². The van der Waals surface area contributed by atoms with Gasteiger partial charge in [-0.1, -0.05) is 0 Å². The van der Waals surface area contributed by atoms with Gasteiger partial charge in [-0.05, 0) is 26.7 Å². The van der Waals surface area contributed by atoms with Crippen LogP contribution in [-0.2, 0) is 13.6 Å². The van der Waals surface area contributed by atoms with Crippen LogP contribution in [0.3, 0.4) is 0 Å². The van der Waals surface area contributed by atoms with Gasteiger partial charge in [-0.2, -0.15) is 20.0 Å². The summed E-state index contributed by atoms with van der Waals surface area (Å²) in [5, 5.41) is 15.0. The second kappa shape index (κ2) is 5.54. The highest BCUT2D eigenvalue weighted by atomic mass is 16.3. The van der Waals surface area contributed by atoms with Gasteiger partial charge in [0.2, 0.25) is 5.71 Å². The number of amides is 1. The quantitative estimate of drug-likeness (QED) is 0.724. The third-order valence-corrected chi connectivity index (χ3v) is 4.29. The number of rotatable bonds is 5. The van der Waals surface area contributed by atoms with Gasteiger partial charge in [0.15, 0.2) is 0 Å². The molecule has 1 amide bonds. The lowest BCUT2D eigenvalue weighted by atomic mass is 10.2. The summed E-state index contributed by atoms with van der Waals surface area (Å²) in [4.78, 5) is 22.8. The first kappa shape index (κ1) is 15.6. The molecular weight excluding hydrogens is 322 g/mol. The molecule has 0 unspecified atom stereocenters. The smallest absolute Gasteiger partial charge is 0.255 e. The summed E-state index contributed by atoms with van der Waals surface area (Å²) in [5.74, 6) is 0.974. The molecule has 130 valence electrons. The van der Waals surface area contributed by atoms with Crippen LogP contribution >= 0.6 is 0 Å². The zero-order chi connectivity index (χ0) is 17.6. The predicted molar refractivity (Wildman–Crippen MR) is 90.0 cm³/mol. The molecule has 1 fully saturated rings. The van der Waals surface area contributed by atoms with Crippen molar-refractivity contribution in [1.82, 2.24) is 30.3 Å². The average Bonchev–Trinajstić information content (AvgIpc) is 2.97. The normalized spacial score (nSPS) is 15.3. The summed E-state index contributed by atoms with van der Waals surface area (Å²) in [6, 6.07) is 0. The molecule has 9 nitrogen and oxygen atoms in total. The highest BCUT2D eigenvalue weighted by Crippen LogP contribution is 2.39. The van der Waals surface area contributed by atoms with Crippen LogP contribution in [0.25, 0.3) is 11.1 Å². The van der Waals surface area contributed by atoms with Crippen molar-refractivity contribution < 1.29 is 9.21 Å². The lowest BCUT2D eigenvalue weighted by molar-refractivity contribution is 0.0951. The Bertz CT molecular complexity index is 955. The summed E-state index contributed by atoms with van der Waals surface area (Å²) in [5.41, 5.74) is 1.52. The summed E-state index contributed by atoms with van der Waals surface area (Å²) >= 11 is 0. The van der Waals surface area contributed by atoms with Crippen molar-refractivity contribution >= 4 is 22.8 Å². The molecule has 4 rings (SSSR count). The number of furan rings is 1. The van der Waals surface area contributed by atoms with E-state index in [2.05, 4.69) is 37.7 Å². The van der Waals surface area contributed by atoms with Crippen LogP contribution < -0.4 is 10.6 Å². The van der Waals surface area contributed by atoms with E-state index in [0.717, 1.165) is 12.8 Å². The van der Waals surface area contributed by atoms with Crippen molar-refractivity contribution in [2.75, 3.05) is 5.32 Å². The lowest BCUT2D eigenvalue weighted by Gasteiger charge is -2.13. The average molecular weight is 341 g/mol. The number of nitrogens with one attached hydrogen (secondary N) is 2. The Balaban J connectivity index is 1.63. The van der Waals surface area contributed by atoms with Crippen LogP contribution in [0.15, 0.2) is 16.9 Å². The molecule has 9 heteroatoms. The van der Waals surface area contributed by atoms with Crippen LogP contribution in [0.2, 0.25) is 0 Å². The largest absolute Gasteiger partial charge is 0.445 e. The van der Waals surface area contributed by atoms with Gasteiger partial charge in [0.05, 0.1) is 23.7 Å². The molecule has 3 aromatic heterocycles.